The van der Waals surface area contributed by atoms with Gasteiger partial charge in [0, 0.05) is 24.0 Å². The second kappa shape index (κ2) is 11.6. The van der Waals surface area contributed by atoms with Crippen molar-refractivity contribution in [3.8, 4) is 0 Å². The number of Topliss-reactive ketones (excluding diaryl/α,β-unsaturated/α-hetero) is 1. The second-order valence-electron chi connectivity index (χ2n) is 10.2. The highest BCUT2D eigenvalue weighted by atomic mass is 32.2. The average Bonchev–Trinajstić information content (AvgIpc) is 3.17. The van der Waals surface area contributed by atoms with Crippen LogP contribution >= 0.6 is 0 Å². The summed E-state index contributed by atoms with van der Waals surface area (Å²) in [6.45, 7) is 6.90. The van der Waals surface area contributed by atoms with E-state index >= 15 is 0 Å². The van der Waals surface area contributed by atoms with Crippen LogP contribution in [0.2, 0.25) is 0 Å². The van der Waals surface area contributed by atoms with E-state index in [1.54, 1.807) is 44.3 Å². The van der Waals surface area contributed by atoms with Gasteiger partial charge in [0.25, 0.3) is 15.9 Å². The molecule has 11 nitrogen and oxygen atoms in total. The quantitative estimate of drug-likeness (QED) is 0.430. The number of aromatic nitrogens is 2. The minimum Gasteiger partial charge on any atom is -0.449 e. The number of nitrogens with one attached hydrogen (secondary N) is 2. The molecule has 0 spiro atoms. The molecule has 2 amide bonds. The van der Waals surface area contributed by atoms with Crippen LogP contribution in [-0.2, 0) is 19.6 Å². The van der Waals surface area contributed by atoms with Crippen LogP contribution in [0.25, 0.3) is 11.1 Å². The summed E-state index contributed by atoms with van der Waals surface area (Å²) >= 11 is 0. The van der Waals surface area contributed by atoms with Crippen LogP contribution in [0, 0.1) is 12.8 Å². The molecule has 1 unspecified atom stereocenters. The molecule has 0 aromatic carbocycles. The largest absolute Gasteiger partial charge is 0.449 e. The van der Waals surface area contributed by atoms with E-state index in [2.05, 4.69) is 20.6 Å². The molecule has 1 fully saturated rings. The van der Waals surface area contributed by atoms with E-state index in [4.69, 9.17) is 4.42 Å². The van der Waals surface area contributed by atoms with E-state index in [0.29, 0.717) is 29.5 Å². The number of hydrogen-bond donors (Lipinski definition) is 2. The number of ketones is 1. The van der Waals surface area contributed by atoms with Gasteiger partial charge in [0.2, 0.25) is 5.91 Å². The molecule has 0 aliphatic carbocycles. The normalized spacial score (nSPS) is 19.6. The topological polar surface area (TPSA) is 152 Å². The lowest BCUT2D eigenvalue weighted by molar-refractivity contribution is -0.129. The minimum absolute atomic E-state index is 0.0587. The number of carbonyl (C=O) groups excluding carboxylic acids is 3. The number of aryl methyl sites for hydroxylation is 1. The summed E-state index contributed by atoms with van der Waals surface area (Å²) in [5.74, 6) is -1.37. The lowest BCUT2D eigenvalue weighted by atomic mass is 10.0. The molecule has 2 N–H and O–H groups in total. The molecule has 3 atom stereocenters. The monoisotopic (exact) mass is 555 g/mol. The van der Waals surface area contributed by atoms with Crippen molar-refractivity contribution >= 4 is 38.7 Å². The first kappa shape index (κ1) is 28.4. The van der Waals surface area contributed by atoms with Gasteiger partial charge >= 0.3 is 0 Å². The highest BCUT2D eigenvalue weighted by Gasteiger charge is 2.38. The number of pyridine rings is 2. The van der Waals surface area contributed by atoms with Gasteiger partial charge in [-0.2, -0.15) is 4.31 Å². The van der Waals surface area contributed by atoms with Crippen molar-refractivity contribution in [1.29, 1.82) is 0 Å². The second-order valence-corrected chi connectivity index (χ2v) is 12.1. The van der Waals surface area contributed by atoms with E-state index in [1.165, 1.54) is 12.3 Å². The standard InChI is InChI=1S/C27H33N5O6S/c1-16(2)14-20(31-27(35)25-18(4)24-22(38-25)8-7-13-29-24)26(34)30-19-11-10-17(3)32(15-21(19)33)39(36,37)23-9-5-6-12-28-23/h5-9,12-13,16-17,19-20H,10-11,14-15H2,1-4H3,(H,30,34)(H,31,35)/t17-,19?,20+/m1/s1. The molecule has 0 radical (unpaired) electrons. The number of sulfonamides is 1. The van der Waals surface area contributed by atoms with Gasteiger partial charge in [-0.15, -0.1) is 0 Å². The fourth-order valence-electron chi connectivity index (χ4n) is 4.69. The Labute approximate surface area is 227 Å². The summed E-state index contributed by atoms with van der Waals surface area (Å²) in [5.41, 5.74) is 1.60. The Morgan fingerprint density at radius 3 is 2.54 bits per heavy atom. The lowest BCUT2D eigenvalue weighted by Crippen LogP contribution is -2.52. The zero-order valence-electron chi connectivity index (χ0n) is 22.4. The van der Waals surface area contributed by atoms with E-state index in [-0.39, 0.29) is 23.1 Å². The number of nitrogens with zero attached hydrogens (tertiary/aromatic N) is 3. The molecule has 1 aliphatic rings. The number of amides is 2. The first-order valence-corrected chi connectivity index (χ1v) is 14.3. The third-order valence-corrected chi connectivity index (χ3v) is 8.68. The van der Waals surface area contributed by atoms with Gasteiger partial charge in [0.1, 0.15) is 11.6 Å². The predicted octanol–water partition coefficient (Wildman–Crippen LogP) is 2.60. The molecule has 4 heterocycles. The predicted molar refractivity (Wildman–Crippen MR) is 143 cm³/mol. The van der Waals surface area contributed by atoms with Crippen LogP contribution in [-0.4, -0.2) is 65.0 Å². The lowest BCUT2D eigenvalue weighted by Gasteiger charge is -2.25. The van der Waals surface area contributed by atoms with Gasteiger partial charge in [0.15, 0.2) is 22.2 Å². The molecular weight excluding hydrogens is 522 g/mol. The summed E-state index contributed by atoms with van der Waals surface area (Å²) in [7, 11) is -4.00. The smallest absolute Gasteiger partial charge is 0.288 e. The van der Waals surface area contributed by atoms with Crippen molar-refractivity contribution in [2.24, 2.45) is 5.92 Å². The molecule has 3 aromatic heterocycles. The van der Waals surface area contributed by atoms with E-state index in [9.17, 15) is 22.8 Å². The Kier molecular flexibility index (Phi) is 8.45. The van der Waals surface area contributed by atoms with Crippen molar-refractivity contribution in [2.75, 3.05) is 6.54 Å². The third-order valence-electron chi connectivity index (χ3n) is 6.81. The Morgan fingerprint density at radius 1 is 1.13 bits per heavy atom. The van der Waals surface area contributed by atoms with Crippen molar-refractivity contribution in [3.63, 3.8) is 0 Å². The molecule has 0 bridgehead atoms. The maximum atomic E-state index is 13.3. The van der Waals surface area contributed by atoms with Crippen molar-refractivity contribution in [1.82, 2.24) is 24.9 Å². The van der Waals surface area contributed by atoms with Crippen molar-refractivity contribution < 1.29 is 27.2 Å². The summed E-state index contributed by atoms with van der Waals surface area (Å²) in [5, 5.41) is 5.38. The Morgan fingerprint density at radius 2 is 1.87 bits per heavy atom. The fraction of sp³-hybridized carbons (Fsp3) is 0.444. The van der Waals surface area contributed by atoms with Gasteiger partial charge in [-0.25, -0.2) is 13.4 Å². The van der Waals surface area contributed by atoms with Crippen LogP contribution in [0.15, 0.2) is 52.2 Å². The van der Waals surface area contributed by atoms with Crippen molar-refractivity contribution in [3.05, 3.63) is 54.0 Å². The zero-order valence-corrected chi connectivity index (χ0v) is 23.2. The molecule has 4 rings (SSSR count). The number of fused-ring (bicyclic) bond motifs is 1. The number of furan rings is 1. The molecule has 208 valence electrons. The SMILES string of the molecule is Cc1c(C(=O)N[C@@H](CC(C)C)C(=O)NC2CC[C@@H](C)N(S(=O)(=O)c3ccccn3)CC2=O)oc2cccnc12. The zero-order chi connectivity index (χ0) is 28.3. The maximum absolute atomic E-state index is 13.3. The van der Waals surface area contributed by atoms with Crippen LogP contribution in [0.4, 0.5) is 0 Å². The van der Waals surface area contributed by atoms with Gasteiger partial charge in [-0.05, 0) is 63.3 Å². The van der Waals surface area contributed by atoms with E-state index in [0.717, 1.165) is 4.31 Å². The first-order chi connectivity index (χ1) is 18.5. The van der Waals surface area contributed by atoms with Gasteiger partial charge in [-0.1, -0.05) is 19.9 Å². The Hall–Kier alpha value is -3.64. The van der Waals surface area contributed by atoms with Crippen LogP contribution in [0.1, 0.15) is 56.2 Å². The van der Waals surface area contributed by atoms with Crippen molar-refractivity contribution in [2.45, 2.75) is 70.1 Å². The summed E-state index contributed by atoms with van der Waals surface area (Å²) in [4.78, 5) is 47.8. The summed E-state index contributed by atoms with van der Waals surface area (Å²) in [6, 6.07) is 5.68. The maximum Gasteiger partial charge on any atom is 0.288 e. The summed E-state index contributed by atoms with van der Waals surface area (Å²) < 4.78 is 33.2. The van der Waals surface area contributed by atoms with E-state index < -0.39 is 52.3 Å². The van der Waals surface area contributed by atoms with Crippen LogP contribution in [0.3, 0.4) is 0 Å². The number of carbonyl (C=O) groups is 3. The Bertz CT molecular complexity index is 1470. The molecular formula is C27H33N5O6S. The van der Waals surface area contributed by atoms with Gasteiger partial charge in [-0.3, -0.25) is 19.4 Å². The highest BCUT2D eigenvalue weighted by molar-refractivity contribution is 7.89. The van der Waals surface area contributed by atoms with Crippen LogP contribution < -0.4 is 10.6 Å². The fourth-order valence-corrected chi connectivity index (χ4v) is 6.25. The molecule has 0 saturated carbocycles. The highest BCUT2D eigenvalue weighted by Crippen LogP contribution is 2.24. The molecule has 1 aliphatic heterocycles. The van der Waals surface area contributed by atoms with Gasteiger partial charge < -0.3 is 15.1 Å². The number of rotatable bonds is 8. The molecule has 39 heavy (non-hydrogen) atoms. The van der Waals surface area contributed by atoms with E-state index in [1.807, 2.05) is 13.8 Å². The molecule has 1 saturated heterocycles. The minimum atomic E-state index is -4.00. The first-order valence-electron chi connectivity index (χ1n) is 12.9. The number of hydrogen-bond acceptors (Lipinski definition) is 8. The molecule has 12 heteroatoms. The van der Waals surface area contributed by atoms with Crippen LogP contribution in [0.5, 0.6) is 0 Å². The Balaban J connectivity index is 1.49. The molecule has 3 aromatic rings. The van der Waals surface area contributed by atoms with Gasteiger partial charge in [0.05, 0.1) is 12.6 Å². The average molecular weight is 556 g/mol. The third kappa shape index (κ3) is 6.17. The summed E-state index contributed by atoms with van der Waals surface area (Å²) in [6.07, 6.45) is 3.93.